The van der Waals surface area contributed by atoms with Gasteiger partial charge in [0.1, 0.15) is 5.82 Å². The predicted octanol–water partition coefficient (Wildman–Crippen LogP) is 2.80. The number of rotatable bonds is 4. The Morgan fingerprint density at radius 2 is 1.91 bits per heavy atom. The van der Waals surface area contributed by atoms with Crippen LogP contribution in [0.1, 0.15) is 17.0 Å². The van der Waals surface area contributed by atoms with Crippen molar-refractivity contribution in [2.45, 2.75) is 24.6 Å². The average Bonchev–Trinajstić information content (AvgIpc) is 2.87. The Morgan fingerprint density at radius 1 is 1.17 bits per heavy atom. The van der Waals surface area contributed by atoms with Crippen molar-refractivity contribution in [2.75, 3.05) is 13.2 Å². The highest BCUT2D eigenvalue weighted by Gasteiger charge is 2.40. The quantitative estimate of drug-likeness (QED) is 0.903. The van der Waals surface area contributed by atoms with E-state index in [0.29, 0.717) is 13.1 Å². The fourth-order valence-corrected chi connectivity index (χ4v) is 3.38. The topological polar surface area (TPSA) is 43.7 Å². The molecule has 1 aliphatic heterocycles. The van der Waals surface area contributed by atoms with Crippen LogP contribution < -0.4 is 0 Å². The molecule has 1 aliphatic rings. The van der Waals surface area contributed by atoms with Gasteiger partial charge in [-0.3, -0.25) is 4.90 Å². The minimum Gasteiger partial charge on any atom is -0.395 e. The summed E-state index contributed by atoms with van der Waals surface area (Å²) in [7, 11) is 0. The van der Waals surface area contributed by atoms with Gasteiger partial charge in [-0.25, -0.2) is 4.39 Å². The van der Waals surface area contributed by atoms with E-state index in [1.807, 2.05) is 35.2 Å². The van der Waals surface area contributed by atoms with Gasteiger partial charge in [0, 0.05) is 19.0 Å². The highest BCUT2D eigenvalue weighted by atomic mass is 35.5. The molecule has 122 valence electrons. The fraction of sp³-hybridized carbons (Fsp3) is 0.333. The van der Waals surface area contributed by atoms with Gasteiger partial charge in [-0.05, 0) is 23.3 Å². The van der Waals surface area contributed by atoms with Crippen molar-refractivity contribution in [3.05, 3.63) is 70.5 Å². The third-order valence-electron chi connectivity index (χ3n) is 4.49. The molecule has 5 heteroatoms. The van der Waals surface area contributed by atoms with E-state index >= 15 is 0 Å². The summed E-state index contributed by atoms with van der Waals surface area (Å²) in [4.78, 5) is 1.99. The summed E-state index contributed by atoms with van der Waals surface area (Å²) in [6.07, 6.45) is -0.653. The summed E-state index contributed by atoms with van der Waals surface area (Å²) in [5.41, 5.74) is 1.81. The SMILES string of the molecule is OC[C@@H]1[C@H](O)[C@@H](c2ccccc2)CN1Cc1ccc(Cl)c(F)c1. The molecule has 0 aromatic heterocycles. The molecule has 0 amide bonds. The highest BCUT2D eigenvalue weighted by Crippen LogP contribution is 2.33. The molecular formula is C18H19ClFNO2. The minimum absolute atomic E-state index is 0.0644. The number of likely N-dealkylation sites (tertiary alicyclic amines) is 1. The Balaban J connectivity index is 1.80. The number of aliphatic hydroxyl groups is 2. The van der Waals surface area contributed by atoms with E-state index in [9.17, 15) is 14.6 Å². The van der Waals surface area contributed by atoms with E-state index in [1.54, 1.807) is 6.07 Å². The first kappa shape index (κ1) is 16.4. The van der Waals surface area contributed by atoms with Crippen LogP contribution in [0.3, 0.4) is 0 Å². The van der Waals surface area contributed by atoms with Crippen molar-refractivity contribution in [1.82, 2.24) is 4.90 Å². The molecule has 1 heterocycles. The number of aliphatic hydroxyl groups excluding tert-OH is 2. The van der Waals surface area contributed by atoms with Crippen LogP contribution in [0.5, 0.6) is 0 Å². The maximum atomic E-state index is 13.6. The molecule has 3 nitrogen and oxygen atoms in total. The summed E-state index contributed by atoms with van der Waals surface area (Å²) in [6, 6.07) is 14.1. The van der Waals surface area contributed by atoms with E-state index in [2.05, 4.69) is 0 Å². The van der Waals surface area contributed by atoms with Gasteiger partial charge in [0.2, 0.25) is 0 Å². The Labute approximate surface area is 139 Å². The molecule has 0 unspecified atom stereocenters. The summed E-state index contributed by atoms with van der Waals surface area (Å²) in [5, 5.41) is 20.3. The molecule has 0 saturated carbocycles. The van der Waals surface area contributed by atoms with Crippen LogP contribution in [0.25, 0.3) is 0 Å². The van der Waals surface area contributed by atoms with Crippen molar-refractivity contribution in [2.24, 2.45) is 0 Å². The molecule has 1 saturated heterocycles. The van der Waals surface area contributed by atoms with Crippen molar-refractivity contribution in [1.29, 1.82) is 0 Å². The Hall–Kier alpha value is -1.46. The fourth-order valence-electron chi connectivity index (χ4n) is 3.26. The van der Waals surface area contributed by atoms with Crippen LogP contribution in [0.2, 0.25) is 5.02 Å². The molecule has 3 atom stereocenters. The van der Waals surface area contributed by atoms with Crippen molar-refractivity contribution in [3.63, 3.8) is 0 Å². The number of nitrogens with zero attached hydrogens (tertiary/aromatic N) is 1. The third-order valence-corrected chi connectivity index (χ3v) is 4.80. The van der Waals surface area contributed by atoms with E-state index in [1.165, 1.54) is 12.1 Å². The van der Waals surface area contributed by atoms with Crippen molar-refractivity contribution >= 4 is 11.6 Å². The van der Waals surface area contributed by atoms with Gasteiger partial charge in [-0.2, -0.15) is 0 Å². The monoisotopic (exact) mass is 335 g/mol. The second kappa shape index (κ2) is 6.97. The van der Waals surface area contributed by atoms with Gasteiger partial charge in [-0.1, -0.05) is 48.0 Å². The van der Waals surface area contributed by atoms with Gasteiger partial charge < -0.3 is 10.2 Å². The molecule has 2 aromatic rings. The molecule has 2 aromatic carbocycles. The smallest absolute Gasteiger partial charge is 0.142 e. The van der Waals surface area contributed by atoms with Gasteiger partial charge in [0.05, 0.1) is 23.8 Å². The van der Waals surface area contributed by atoms with Crippen LogP contribution in [-0.4, -0.2) is 40.4 Å². The largest absolute Gasteiger partial charge is 0.395 e. The lowest BCUT2D eigenvalue weighted by Crippen LogP contribution is -2.38. The molecule has 23 heavy (non-hydrogen) atoms. The van der Waals surface area contributed by atoms with E-state index in [0.717, 1.165) is 11.1 Å². The molecule has 0 aliphatic carbocycles. The standard InChI is InChI=1S/C18H19ClFNO2/c19-15-7-6-12(8-16(15)20)9-21-10-14(18(23)17(21)11-22)13-4-2-1-3-5-13/h1-8,14,17-18,22-23H,9-11H2/t14-,17-,18-/m1/s1. The first-order valence-corrected chi connectivity index (χ1v) is 8.00. The number of benzene rings is 2. The number of hydrogen-bond acceptors (Lipinski definition) is 3. The second-order valence-corrected chi connectivity index (χ2v) is 6.34. The van der Waals surface area contributed by atoms with E-state index in [-0.39, 0.29) is 23.6 Å². The minimum atomic E-state index is -0.653. The Kier molecular flexibility index (Phi) is 4.97. The first-order chi connectivity index (χ1) is 11.1. The lowest BCUT2D eigenvalue weighted by atomic mass is 9.94. The van der Waals surface area contributed by atoms with Gasteiger partial charge in [0.25, 0.3) is 0 Å². The normalized spacial score (nSPS) is 25.0. The van der Waals surface area contributed by atoms with E-state index in [4.69, 9.17) is 11.6 Å². The molecule has 0 spiro atoms. The zero-order valence-electron chi connectivity index (χ0n) is 12.6. The second-order valence-electron chi connectivity index (χ2n) is 5.94. The van der Waals surface area contributed by atoms with Crippen molar-refractivity contribution < 1.29 is 14.6 Å². The maximum absolute atomic E-state index is 13.6. The molecular weight excluding hydrogens is 317 g/mol. The van der Waals surface area contributed by atoms with Crippen LogP contribution in [-0.2, 0) is 6.54 Å². The first-order valence-electron chi connectivity index (χ1n) is 7.62. The van der Waals surface area contributed by atoms with Gasteiger partial charge in [0.15, 0.2) is 0 Å². The van der Waals surface area contributed by atoms with Gasteiger partial charge in [-0.15, -0.1) is 0 Å². The molecule has 1 fully saturated rings. The number of hydrogen-bond donors (Lipinski definition) is 2. The summed E-state index contributed by atoms with van der Waals surface area (Å²) in [6.45, 7) is 0.931. The van der Waals surface area contributed by atoms with Gasteiger partial charge >= 0.3 is 0 Å². The van der Waals surface area contributed by atoms with E-state index < -0.39 is 11.9 Å². The third kappa shape index (κ3) is 3.40. The predicted molar refractivity (Wildman–Crippen MR) is 87.9 cm³/mol. The lowest BCUT2D eigenvalue weighted by molar-refractivity contribution is 0.0641. The molecule has 2 N–H and O–H groups in total. The van der Waals surface area contributed by atoms with Crippen LogP contribution in [0.4, 0.5) is 4.39 Å². The zero-order chi connectivity index (χ0) is 16.4. The Bertz CT molecular complexity index is 667. The molecule has 3 rings (SSSR count). The average molecular weight is 336 g/mol. The highest BCUT2D eigenvalue weighted by molar-refractivity contribution is 6.30. The zero-order valence-corrected chi connectivity index (χ0v) is 13.3. The van der Waals surface area contributed by atoms with Crippen molar-refractivity contribution in [3.8, 4) is 0 Å². The summed E-state index contributed by atoms with van der Waals surface area (Å²) < 4.78 is 13.6. The van der Waals surface area contributed by atoms with Crippen LogP contribution >= 0.6 is 11.6 Å². The number of halogens is 2. The van der Waals surface area contributed by atoms with Crippen LogP contribution in [0.15, 0.2) is 48.5 Å². The van der Waals surface area contributed by atoms with Crippen LogP contribution in [0, 0.1) is 5.82 Å². The maximum Gasteiger partial charge on any atom is 0.142 e. The molecule has 0 bridgehead atoms. The Morgan fingerprint density at radius 3 is 2.57 bits per heavy atom. The summed E-state index contributed by atoms with van der Waals surface area (Å²) >= 11 is 5.71. The summed E-state index contributed by atoms with van der Waals surface area (Å²) in [5.74, 6) is -0.519. The lowest BCUT2D eigenvalue weighted by Gasteiger charge is -2.24. The molecule has 0 radical (unpaired) electrons.